The molecule has 0 amide bonds. The highest BCUT2D eigenvalue weighted by atomic mass is 32.2. The Morgan fingerprint density at radius 1 is 1.32 bits per heavy atom. The number of sulfone groups is 1. The number of rotatable bonds is 5. The molecule has 0 aliphatic heterocycles. The third-order valence-electron chi connectivity index (χ3n) is 2.44. The minimum absolute atomic E-state index is 0.112. The molecule has 0 unspecified atom stereocenters. The predicted molar refractivity (Wildman–Crippen MR) is 67.9 cm³/mol. The number of esters is 1. The number of pyridine rings is 1. The van der Waals surface area contributed by atoms with Gasteiger partial charge in [0.2, 0.25) is 0 Å². The van der Waals surface area contributed by atoms with Crippen molar-refractivity contribution in [1.82, 2.24) is 4.98 Å². The first kappa shape index (κ1) is 15.3. The monoisotopic (exact) mass is 285 g/mol. The molecule has 6 nitrogen and oxygen atoms in total. The smallest absolute Gasteiger partial charge is 0.358 e. The van der Waals surface area contributed by atoms with Crippen molar-refractivity contribution in [3.05, 3.63) is 23.5 Å². The highest BCUT2D eigenvalue weighted by molar-refractivity contribution is 7.91. The minimum atomic E-state index is -3.66. The molecule has 1 aromatic rings. The van der Waals surface area contributed by atoms with Crippen LogP contribution in [0.3, 0.4) is 0 Å². The highest BCUT2D eigenvalue weighted by Crippen LogP contribution is 2.18. The lowest BCUT2D eigenvalue weighted by molar-refractivity contribution is 0.0514. The van der Waals surface area contributed by atoms with Crippen molar-refractivity contribution in [2.75, 3.05) is 12.4 Å². The summed E-state index contributed by atoms with van der Waals surface area (Å²) in [5, 5.41) is 0. The van der Waals surface area contributed by atoms with Crippen LogP contribution in [-0.2, 0) is 14.6 Å². The molecular formula is C12H15NO5S. The standard InChI is InChI=1S/C12H15NO5S/c1-4-18-12(15)11-10(19(16,17)5-2)6-9(7-13-11)8(3)14/h6-7H,4-5H2,1-3H3. The van der Waals surface area contributed by atoms with Gasteiger partial charge in [0.15, 0.2) is 21.3 Å². The molecule has 0 saturated carbocycles. The molecule has 0 aliphatic rings. The van der Waals surface area contributed by atoms with Crippen molar-refractivity contribution >= 4 is 21.6 Å². The Kier molecular flexibility index (Phi) is 4.77. The van der Waals surface area contributed by atoms with Gasteiger partial charge in [0.1, 0.15) is 4.90 Å². The fraction of sp³-hybridized carbons (Fsp3) is 0.417. The van der Waals surface area contributed by atoms with Crippen LogP contribution in [-0.4, -0.2) is 37.5 Å². The number of hydrogen-bond acceptors (Lipinski definition) is 6. The summed E-state index contributed by atoms with van der Waals surface area (Å²) < 4.78 is 28.7. The van der Waals surface area contributed by atoms with E-state index >= 15 is 0 Å². The lowest BCUT2D eigenvalue weighted by Gasteiger charge is -2.09. The average Bonchev–Trinajstić information content (AvgIpc) is 2.38. The summed E-state index contributed by atoms with van der Waals surface area (Å²) >= 11 is 0. The number of aromatic nitrogens is 1. The second-order valence-electron chi connectivity index (χ2n) is 3.75. The van der Waals surface area contributed by atoms with Crippen LogP contribution in [0.4, 0.5) is 0 Å². The SMILES string of the molecule is CCOC(=O)c1ncc(C(C)=O)cc1S(=O)(=O)CC. The minimum Gasteiger partial charge on any atom is -0.461 e. The number of hydrogen-bond donors (Lipinski definition) is 0. The van der Waals surface area contributed by atoms with Gasteiger partial charge in [-0.25, -0.2) is 18.2 Å². The van der Waals surface area contributed by atoms with Crippen LogP contribution in [0.1, 0.15) is 41.6 Å². The number of Topliss-reactive ketones (excluding diaryl/α,β-unsaturated/α-hetero) is 1. The van der Waals surface area contributed by atoms with E-state index in [-0.39, 0.29) is 34.3 Å². The maximum absolute atomic E-state index is 11.9. The molecule has 0 radical (unpaired) electrons. The van der Waals surface area contributed by atoms with Crippen molar-refractivity contribution in [3.63, 3.8) is 0 Å². The van der Waals surface area contributed by atoms with E-state index in [0.717, 1.165) is 0 Å². The first-order chi connectivity index (χ1) is 8.83. The molecule has 0 aromatic carbocycles. The molecule has 1 rings (SSSR count). The molecule has 0 aliphatic carbocycles. The third-order valence-corrected chi connectivity index (χ3v) is 4.18. The number of ether oxygens (including phenoxy) is 1. The lowest BCUT2D eigenvalue weighted by Crippen LogP contribution is -2.16. The molecule has 0 fully saturated rings. The topological polar surface area (TPSA) is 90.4 Å². The Labute approximate surface area is 111 Å². The Morgan fingerprint density at radius 3 is 2.42 bits per heavy atom. The van der Waals surface area contributed by atoms with Crippen LogP contribution in [0, 0.1) is 0 Å². The maximum Gasteiger partial charge on any atom is 0.358 e. The second-order valence-corrected chi connectivity index (χ2v) is 6.00. The van der Waals surface area contributed by atoms with E-state index in [2.05, 4.69) is 4.98 Å². The molecule has 19 heavy (non-hydrogen) atoms. The summed E-state index contributed by atoms with van der Waals surface area (Å²) in [7, 11) is -3.66. The number of carbonyl (C=O) groups excluding carboxylic acids is 2. The van der Waals surface area contributed by atoms with Crippen molar-refractivity contribution in [3.8, 4) is 0 Å². The van der Waals surface area contributed by atoms with Gasteiger partial charge in [-0.15, -0.1) is 0 Å². The molecule has 104 valence electrons. The van der Waals surface area contributed by atoms with Gasteiger partial charge in [0, 0.05) is 11.8 Å². The van der Waals surface area contributed by atoms with Crippen LogP contribution >= 0.6 is 0 Å². The maximum atomic E-state index is 11.9. The molecule has 0 bridgehead atoms. The van der Waals surface area contributed by atoms with Gasteiger partial charge in [-0.1, -0.05) is 6.92 Å². The lowest BCUT2D eigenvalue weighted by atomic mass is 10.2. The Morgan fingerprint density at radius 2 is 1.95 bits per heavy atom. The Hall–Kier alpha value is -1.76. The molecule has 0 spiro atoms. The molecule has 0 N–H and O–H groups in total. The van der Waals surface area contributed by atoms with Crippen LogP contribution < -0.4 is 0 Å². The van der Waals surface area contributed by atoms with Gasteiger partial charge in [-0.3, -0.25) is 4.79 Å². The molecule has 7 heteroatoms. The molecule has 0 saturated heterocycles. The van der Waals surface area contributed by atoms with Gasteiger partial charge in [-0.05, 0) is 19.9 Å². The van der Waals surface area contributed by atoms with E-state index in [1.54, 1.807) is 6.92 Å². The van der Waals surface area contributed by atoms with Gasteiger partial charge in [0.25, 0.3) is 0 Å². The first-order valence-corrected chi connectivity index (χ1v) is 7.39. The molecule has 1 heterocycles. The van der Waals surface area contributed by atoms with Crippen molar-refractivity contribution in [2.24, 2.45) is 0 Å². The summed E-state index contributed by atoms with van der Waals surface area (Å²) in [5.74, 6) is -1.33. The number of ketones is 1. The predicted octanol–water partition coefficient (Wildman–Crippen LogP) is 1.25. The molecule has 1 aromatic heterocycles. The average molecular weight is 285 g/mol. The van der Waals surface area contributed by atoms with Crippen molar-refractivity contribution in [1.29, 1.82) is 0 Å². The zero-order chi connectivity index (χ0) is 14.6. The third kappa shape index (κ3) is 3.37. The fourth-order valence-electron chi connectivity index (χ4n) is 1.38. The van der Waals surface area contributed by atoms with Crippen LogP contribution in [0.15, 0.2) is 17.2 Å². The van der Waals surface area contributed by atoms with Crippen LogP contribution in [0.2, 0.25) is 0 Å². The van der Waals surface area contributed by atoms with E-state index in [1.807, 2.05) is 0 Å². The Bertz CT molecular complexity index is 607. The van der Waals surface area contributed by atoms with Gasteiger partial charge < -0.3 is 4.74 Å². The van der Waals surface area contributed by atoms with Crippen molar-refractivity contribution < 1.29 is 22.7 Å². The summed E-state index contributed by atoms with van der Waals surface area (Å²) in [6.07, 6.45) is 1.17. The van der Waals surface area contributed by atoms with E-state index in [0.29, 0.717) is 0 Å². The largest absolute Gasteiger partial charge is 0.461 e. The second kappa shape index (κ2) is 5.92. The van der Waals surface area contributed by atoms with Crippen LogP contribution in [0.5, 0.6) is 0 Å². The summed E-state index contributed by atoms with van der Waals surface area (Å²) in [5.41, 5.74) is -0.145. The van der Waals surface area contributed by atoms with Gasteiger partial charge in [0.05, 0.1) is 12.4 Å². The van der Waals surface area contributed by atoms with Crippen LogP contribution in [0.25, 0.3) is 0 Å². The van der Waals surface area contributed by atoms with E-state index in [9.17, 15) is 18.0 Å². The van der Waals surface area contributed by atoms with E-state index < -0.39 is 15.8 Å². The Balaban J connectivity index is 3.48. The summed E-state index contributed by atoms with van der Waals surface area (Å²) in [6, 6.07) is 1.17. The normalized spacial score (nSPS) is 11.1. The summed E-state index contributed by atoms with van der Waals surface area (Å²) in [6.45, 7) is 4.46. The number of nitrogens with zero attached hydrogens (tertiary/aromatic N) is 1. The zero-order valence-corrected chi connectivity index (χ0v) is 11.8. The molecule has 0 atom stereocenters. The molecular weight excluding hydrogens is 270 g/mol. The summed E-state index contributed by atoms with van der Waals surface area (Å²) in [4.78, 5) is 26.4. The first-order valence-electron chi connectivity index (χ1n) is 5.74. The van der Waals surface area contributed by atoms with E-state index in [4.69, 9.17) is 4.74 Å². The van der Waals surface area contributed by atoms with E-state index in [1.165, 1.54) is 26.1 Å². The van der Waals surface area contributed by atoms with Gasteiger partial charge >= 0.3 is 5.97 Å². The quantitative estimate of drug-likeness (QED) is 0.597. The zero-order valence-electron chi connectivity index (χ0n) is 11.0. The van der Waals surface area contributed by atoms with Gasteiger partial charge in [-0.2, -0.15) is 0 Å². The highest BCUT2D eigenvalue weighted by Gasteiger charge is 2.24. The van der Waals surface area contributed by atoms with Crippen molar-refractivity contribution in [2.45, 2.75) is 25.7 Å². The number of carbonyl (C=O) groups is 2. The fourth-order valence-corrected chi connectivity index (χ4v) is 2.43.